The van der Waals surface area contributed by atoms with E-state index in [1.165, 1.54) is 6.21 Å². The lowest BCUT2D eigenvalue weighted by Crippen LogP contribution is -2.39. The number of hydrazone groups is 1. The van der Waals surface area contributed by atoms with E-state index in [2.05, 4.69) is 15.8 Å². The summed E-state index contributed by atoms with van der Waals surface area (Å²) in [4.78, 5) is 24.4. The minimum atomic E-state index is -3.69. The van der Waals surface area contributed by atoms with Gasteiger partial charge in [-0.15, -0.1) is 0 Å². The number of rotatable bonds is 11. The number of hydrogen-bond donors (Lipinski definition) is 2. The molecule has 0 radical (unpaired) electrons. The van der Waals surface area contributed by atoms with E-state index in [0.29, 0.717) is 23.5 Å². The van der Waals surface area contributed by atoms with Crippen molar-refractivity contribution in [3.63, 3.8) is 0 Å². The zero-order valence-electron chi connectivity index (χ0n) is 21.0. The summed E-state index contributed by atoms with van der Waals surface area (Å²) in [5, 5.41) is 6.71. The van der Waals surface area contributed by atoms with Gasteiger partial charge in [-0.05, 0) is 60.4 Å². The van der Waals surface area contributed by atoms with Crippen LogP contribution in [-0.2, 0) is 26.2 Å². The van der Waals surface area contributed by atoms with Gasteiger partial charge in [-0.2, -0.15) is 5.10 Å². The smallest absolute Gasteiger partial charge is 0.260 e. The second-order valence-electron chi connectivity index (χ2n) is 8.42. The fourth-order valence-electron chi connectivity index (χ4n) is 3.55. The maximum Gasteiger partial charge on any atom is 0.260 e. The third-order valence-corrected chi connectivity index (χ3v) is 6.47. The van der Waals surface area contributed by atoms with Gasteiger partial charge in [-0.3, -0.25) is 13.9 Å². The Morgan fingerprint density at radius 1 is 0.919 bits per heavy atom. The average molecular weight is 523 g/mol. The molecule has 9 nitrogen and oxygen atoms in total. The minimum absolute atomic E-state index is 0.118. The van der Waals surface area contributed by atoms with Crippen molar-refractivity contribution in [1.82, 2.24) is 10.7 Å². The fraction of sp³-hybridized carbons (Fsp3) is 0.222. The first-order valence-corrected chi connectivity index (χ1v) is 13.4. The first-order valence-electron chi connectivity index (χ1n) is 11.5. The molecule has 0 aliphatic heterocycles. The van der Waals surface area contributed by atoms with Gasteiger partial charge < -0.3 is 10.1 Å². The molecule has 0 atom stereocenters. The highest BCUT2D eigenvalue weighted by Crippen LogP contribution is 2.26. The molecule has 0 fully saturated rings. The van der Waals surface area contributed by atoms with Crippen LogP contribution in [-0.4, -0.2) is 45.9 Å². The number of nitrogens with one attached hydrogen (secondary N) is 2. The number of para-hydroxylation sites is 1. The molecule has 2 N–H and O–H groups in total. The third kappa shape index (κ3) is 8.46. The van der Waals surface area contributed by atoms with Gasteiger partial charge in [0.25, 0.3) is 11.8 Å². The van der Waals surface area contributed by atoms with E-state index in [1.807, 2.05) is 36.4 Å². The van der Waals surface area contributed by atoms with Crippen molar-refractivity contribution in [1.29, 1.82) is 0 Å². The van der Waals surface area contributed by atoms with E-state index in [0.717, 1.165) is 27.3 Å². The average Bonchev–Trinajstić information content (AvgIpc) is 2.86. The Morgan fingerprint density at radius 2 is 1.57 bits per heavy atom. The molecular formula is C27H30N4O5S. The Kier molecular flexibility index (Phi) is 9.39. The number of carbonyl (C=O) groups excluding carboxylic acids is 2. The second-order valence-corrected chi connectivity index (χ2v) is 10.3. The molecule has 0 aromatic heterocycles. The van der Waals surface area contributed by atoms with Crippen molar-refractivity contribution in [2.45, 2.75) is 20.4 Å². The lowest BCUT2D eigenvalue weighted by atomic mass is 10.1. The molecule has 0 bridgehead atoms. The van der Waals surface area contributed by atoms with E-state index in [-0.39, 0.29) is 12.5 Å². The largest absolute Gasteiger partial charge is 0.484 e. The molecule has 0 saturated carbocycles. The highest BCUT2D eigenvalue weighted by Gasteiger charge is 2.23. The van der Waals surface area contributed by atoms with Gasteiger partial charge in [0.15, 0.2) is 6.61 Å². The van der Waals surface area contributed by atoms with E-state index in [4.69, 9.17) is 4.74 Å². The van der Waals surface area contributed by atoms with Crippen LogP contribution in [0.25, 0.3) is 0 Å². The van der Waals surface area contributed by atoms with E-state index < -0.39 is 22.5 Å². The van der Waals surface area contributed by atoms with Crippen LogP contribution in [0.4, 0.5) is 5.69 Å². The predicted molar refractivity (Wildman–Crippen MR) is 144 cm³/mol. The van der Waals surface area contributed by atoms with Crippen LogP contribution in [0, 0.1) is 13.8 Å². The van der Waals surface area contributed by atoms with Crippen molar-refractivity contribution < 1.29 is 22.7 Å². The van der Waals surface area contributed by atoms with E-state index in [1.54, 1.807) is 50.2 Å². The Hall–Kier alpha value is -4.18. The van der Waals surface area contributed by atoms with Crippen molar-refractivity contribution in [2.24, 2.45) is 5.10 Å². The standard InChI is InChI=1S/C27H30N4O5S/c1-20-8-7-9-21(2)27(20)31(37(3,34)35)18-25(32)30-29-17-23-12-14-24(15-13-23)36-19-26(33)28-16-22-10-5-4-6-11-22/h4-15,17H,16,18-19H2,1-3H3,(H,28,33)(H,30,32)/b29-17-. The topological polar surface area (TPSA) is 117 Å². The monoisotopic (exact) mass is 522 g/mol. The van der Waals surface area contributed by atoms with Gasteiger partial charge in [0.05, 0.1) is 18.2 Å². The van der Waals surface area contributed by atoms with Crippen molar-refractivity contribution in [2.75, 3.05) is 23.7 Å². The molecule has 0 aliphatic carbocycles. The molecule has 10 heteroatoms. The highest BCUT2D eigenvalue weighted by molar-refractivity contribution is 7.92. The van der Waals surface area contributed by atoms with E-state index >= 15 is 0 Å². The van der Waals surface area contributed by atoms with Crippen LogP contribution in [0.2, 0.25) is 0 Å². The number of amides is 2. The summed E-state index contributed by atoms with van der Waals surface area (Å²) in [6, 6.07) is 21.8. The summed E-state index contributed by atoms with van der Waals surface area (Å²) in [6.07, 6.45) is 2.49. The summed E-state index contributed by atoms with van der Waals surface area (Å²) < 4.78 is 31.3. The minimum Gasteiger partial charge on any atom is -0.484 e. The Morgan fingerprint density at radius 3 is 2.19 bits per heavy atom. The summed E-state index contributed by atoms with van der Waals surface area (Å²) >= 11 is 0. The van der Waals surface area contributed by atoms with Gasteiger partial charge in [0, 0.05) is 6.54 Å². The molecular weight excluding hydrogens is 492 g/mol. The third-order valence-electron chi connectivity index (χ3n) is 5.36. The fourth-order valence-corrected chi connectivity index (χ4v) is 4.52. The molecule has 0 saturated heterocycles. The van der Waals surface area contributed by atoms with Gasteiger partial charge in [0.2, 0.25) is 10.0 Å². The number of sulfonamides is 1. The van der Waals surface area contributed by atoms with E-state index in [9.17, 15) is 18.0 Å². The first-order chi connectivity index (χ1) is 17.6. The SMILES string of the molecule is Cc1cccc(C)c1N(CC(=O)N/N=C\c1ccc(OCC(=O)NCc2ccccc2)cc1)S(C)(=O)=O. The normalized spacial score (nSPS) is 11.2. The van der Waals surface area contributed by atoms with Gasteiger partial charge >= 0.3 is 0 Å². The van der Waals surface area contributed by atoms with Gasteiger partial charge in [-0.1, -0.05) is 48.5 Å². The summed E-state index contributed by atoms with van der Waals surface area (Å²) in [5.41, 5.74) is 6.02. The molecule has 2 amide bonds. The Bertz CT molecular complexity index is 1340. The predicted octanol–water partition coefficient (Wildman–Crippen LogP) is 2.91. The molecule has 0 spiro atoms. The summed E-state index contributed by atoms with van der Waals surface area (Å²) in [6.45, 7) is 3.49. The molecule has 3 rings (SSSR count). The highest BCUT2D eigenvalue weighted by atomic mass is 32.2. The second kappa shape index (κ2) is 12.7. The van der Waals surface area contributed by atoms with Gasteiger partial charge in [0.1, 0.15) is 12.3 Å². The molecule has 0 aliphatic rings. The van der Waals surface area contributed by atoms with Crippen LogP contribution in [0.1, 0.15) is 22.3 Å². The van der Waals surface area contributed by atoms with Crippen molar-refractivity contribution in [3.05, 3.63) is 95.1 Å². The molecule has 194 valence electrons. The number of ether oxygens (including phenoxy) is 1. The number of anilines is 1. The summed E-state index contributed by atoms with van der Waals surface area (Å²) in [5.74, 6) is -0.305. The van der Waals surface area contributed by atoms with Crippen LogP contribution in [0.5, 0.6) is 5.75 Å². The molecule has 3 aromatic carbocycles. The van der Waals surface area contributed by atoms with Gasteiger partial charge in [-0.25, -0.2) is 13.8 Å². The maximum absolute atomic E-state index is 12.4. The zero-order valence-corrected chi connectivity index (χ0v) is 21.8. The number of nitrogens with zero attached hydrogens (tertiary/aromatic N) is 2. The zero-order chi connectivity index (χ0) is 26.8. The molecule has 0 heterocycles. The van der Waals surface area contributed by atoms with Crippen LogP contribution in [0.15, 0.2) is 77.9 Å². The number of carbonyl (C=O) groups is 2. The number of aryl methyl sites for hydroxylation is 2. The lowest BCUT2D eigenvalue weighted by Gasteiger charge is -2.25. The van der Waals surface area contributed by atoms with Crippen LogP contribution >= 0.6 is 0 Å². The molecule has 37 heavy (non-hydrogen) atoms. The van der Waals surface area contributed by atoms with Crippen molar-refractivity contribution in [3.8, 4) is 5.75 Å². The number of hydrogen-bond acceptors (Lipinski definition) is 6. The molecule has 0 unspecified atom stereocenters. The maximum atomic E-state index is 12.4. The van der Waals surface area contributed by atoms with Crippen LogP contribution < -0.4 is 19.8 Å². The van der Waals surface area contributed by atoms with Crippen LogP contribution in [0.3, 0.4) is 0 Å². The first kappa shape index (κ1) is 27.4. The molecule has 3 aromatic rings. The Balaban J connectivity index is 1.49. The lowest BCUT2D eigenvalue weighted by molar-refractivity contribution is -0.123. The van der Waals surface area contributed by atoms with Crippen molar-refractivity contribution >= 4 is 33.7 Å². The quantitative estimate of drug-likeness (QED) is 0.297. The summed E-state index contributed by atoms with van der Waals surface area (Å²) in [7, 11) is -3.69. The Labute approximate surface area is 217 Å². The number of benzene rings is 3.